The minimum Gasteiger partial charge on any atom is -0.366 e. The van der Waals surface area contributed by atoms with Gasteiger partial charge in [0.1, 0.15) is 5.03 Å². The Bertz CT molecular complexity index is 932. The third kappa shape index (κ3) is 6.21. The van der Waals surface area contributed by atoms with Gasteiger partial charge in [0.15, 0.2) is 5.78 Å². The molecule has 1 heterocycles. The van der Waals surface area contributed by atoms with Crippen molar-refractivity contribution >= 4 is 41.2 Å². The SMILES string of the molecule is CCN(C)C=Nc1cc(C)c(C(=O)CSc2ncc(C(F)(F)F)cc2Cl)cc1C. The summed E-state index contributed by atoms with van der Waals surface area (Å²) in [5.74, 6) is -0.144. The van der Waals surface area contributed by atoms with Crippen LogP contribution in [-0.2, 0) is 6.18 Å². The quantitative estimate of drug-likeness (QED) is 0.229. The normalized spacial score (nSPS) is 11.9. The predicted octanol–water partition coefficient (Wildman–Crippen LogP) is 5.96. The molecule has 0 atom stereocenters. The number of ketones is 1. The Morgan fingerprint density at radius 1 is 1.28 bits per heavy atom. The number of aliphatic imine (C=N–C) groups is 1. The second-order valence-corrected chi connectivity index (χ2v) is 7.86. The minimum atomic E-state index is -4.51. The molecule has 0 radical (unpaired) electrons. The molecule has 0 amide bonds. The van der Waals surface area contributed by atoms with Crippen LogP contribution in [0.1, 0.15) is 34.0 Å². The summed E-state index contributed by atoms with van der Waals surface area (Å²) in [7, 11) is 1.92. The number of hydrogen-bond acceptors (Lipinski definition) is 4. The Hall–Kier alpha value is -2.06. The fourth-order valence-corrected chi connectivity index (χ4v) is 3.46. The van der Waals surface area contributed by atoms with Crippen LogP contribution < -0.4 is 0 Å². The van der Waals surface area contributed by atoms with E-state index in [2.05, 4.69) is 9.98 Å². The van der Waals surface area contributed by atoms with Crippen molar-refractivity contribution in [1.82, 2.24) is 9.88 Å². The lowest BCUT2D eigenvalue weighted by atomic mass is 10.0. The Labute approximate surface area is 177 Å². The first kappa shape index (κ1) is 23.2. The zero-order valence-electron chi connectivity index (χ0n) is 16.5. The van der Waals surface area contributed by atoms with Crippen LogP contribution in [0.5, 0.6) is 0 Å². The lowest BCUT2D eigenvalue weighted by Gasteiger charge is -2.12. The third-order valence-electron chi connectivity index (χ3n) is 4.21. The number of carbonyl (C=O) groups is 1. The first-order chi connectivity index (χ1) is 13.5. The van der Waals surface area contributed by atoms with E-state index < -0.39 is 11.7 Å². The summed E-state index contributed by atoms with van der Waals surface area (Å²) in [4.78, 5) is 22.8. The highest BCUT2D eigenvalue weighted by molar-refractivity contribution is 8.00. The molecule has 4 nitrogen and oxygen atoms in total. The van der Waals surface area contributed by atoms with Gasteiger partial charge in [0.2, 0.25) is 0 Å². The van der Waals surface area contributed by atoms with Gasteiger partial charge in [-0.05, 0) is 50.1 Å². The van der Waals surface area contributed by atoms with Crippen molar-refractivity contribution in [2.45, 2.75) is 32.0 Å². The maximum absolute atomic E-state index is 12.7. The fourth-order valence-electron chi connectivity index (χ4n) is 2.38. The largest absolute Gasteiger partial charge is 0.417 e. The van der Waals surface area contributed by atoms with Gasteiger partial charge < -0.3 is 4.90 Å². The number of alkyl halides is 3. The number of Topliss-reactive ketones (excluding diaryl/α,β-unsaturated/α-hetero) is 1. The van der Waals surface area contributed by atoms with Crippen molar-refractivity contribution < 1.29 is 18.0 Å². The van der Waals surface area contributed by atoms with Gasteiger partial charge in [0, 0.05) is 25.4 Å². The average Bonchev–Trinajstić information content (AvgIpc) is 2.65. The Morgan fingerprint density at radius 3 is 2.55 bits per heavy atom. The molecule has 0 saturated carbocycles. The lowest BCUT2D eigenvalue weighted by Crippen LogP contribution is -2.14. The number of rotatable bonds is 7. The molecule has 0 unspecified atom stereocenters. The molecule has 1 aromatic carbocycles. The number of aromatic nitrogens is 1. The number of pyridine rings is 1. The molecule has 0 bridgehead atoms. The molecule has 156 valence electrons. The molecule has 9 heteroatoms. The van der Waals surface area contributed by atoms with Crippen LogP contribution in [0.2, 0.25) is 5.02 Å². The molecule has 0 spiro atoms. The van der Waals surface area contributed by atoms with E-state index in [1.165, 1.54) is 0 Å². The molecule has 0 aliphatic heterocycles. The number of nitrogens with zero attached hydrogens (tertiary/aromatic N) is 3. The standard InChI is InChI=1S/C20H21ClF3N3OS/c1-5-27(4)11-26-17-7-12(2)15(6-13(17)3)18(28)10-29-19-16(21)8-14(9-25-19)20(22,23)24/h6-9,11H,5,10H2,1-4H3. The maximum Gasteiger partial charge on any atom is 0.417 e. The Morgan fingerprint density at radius 2 is 1.97 bits per heavy atom. The van der Waals surface area contributed by atoms with Gasteiger partial charge in [-0.15, -0.1) is 0 Å². The van der Waals surface area contributed by atoms with E-state index in [0.29, 0.717) is 11.8 Å². The summed E-state index contributed by atoms with van der Waals surface area (Å²) in [6.45, 7) is 6.54. The summed E-state index contributed by atoms with van der Waals surface area (Å²) in [6, 6.07) is 4.44. The van der Waals surface area contributed by atoms with Crippen molar-refractivity contribution in [2.24, 2.45) is 4.99 Å². The molecule has 2 rings (SSSR count). The van der Waals surface area contributed by atoms with Crippen LogP contribution in [0.4, 0.5) is 18.9 Å². The van der Waals surface area contributed by atoms with Gasteiger partial charge in [0.05, 0.1) is 28.4 Å². The molecule has 0 saturated heterocycles. The van der Waals surface area contributed by atoms with Gasteiger partial charge in [-0.1, -0.05) is 23.4 Å². The molecule has 1 aromatic heterocycles. The number of hydrogen-bond donors (Lipinski definition) is 0. The van der Waals surface area contributed by atoms with Crippen LogP contribution in [-0.4, -0.2) is 41.4 Å². The second kappa shape index (κ2) is 9.63. The van der Waals surface area contributed by atoms with E-state index in [9.17, 15) is 18.0 Å². The van der Waals surface area contributed by atoms with Crippen molar-refractivity contribution in [2.75, 3.05) is 19.3 Å². The predicted molar refractivity (Wildman–Crippen MR) is 112 cm³/mol. The fraction of sp³-hybridized carbons (Fsp3) is 0.350. The number of benzene rings is 1. The van der Waals surface area contributed by atoms with Gasteiger partial charge in [-0.3, -0.25) is 4.79 Å². The first-order valence-electron chi connectivity index (χ1n) is 8.77. The van der Waals surface area contributed by atoms with E-state index in [0.717, 1.165) is 41.2 Å². The zero-order chi connectivity index (χ0) is 21.8. The zero-order valence-corrected chi connectivity index (χ0v) is 18.0. The number of thioether (sulfide) groups is 1. The molecular formula is C20H21ClF3N3OS. The molecule has 2 aromatic rings. The summed E-state index contributed by atoms with van der Waals surface area (Å²) < 4.78 is 38.1. The summed E-state index contributed by atoms with van der Waals surface area (Å²) in [5.41, 5.74) is 2.03. The van der Waals surface area contributed by atoms with Gasteiger partial charge >= 0.3 is 6.18 Å². The maximum atomic E-state index is 12.7. The number of carbonyl (C=O) groups excluding carboxylic acids is 1. The van der Waals surface area contributed by atoms with Crippen LogP contribution in [0.15, 0.2) is 34.4 Å². The molecule has 0 N–H and O–H groups in total. The Balaban J connectivity index is 2.13. The highest BCUT2D eigenvalue weighted by atomic mass is 35.5. The molecule has 0 fully saturated rings. The van der Waals surface area contributed by atoms with Crippen molar-refractivity contribution in [3.05, 3.63) is 51.7 Å². The molecule has 0 aliphatic carbocycles. The van der Waals surface area contributed by atoms with Gasteiger partial charge in [-0.25, -0.2) is 9.98 Å². The van der Waals surface area contributed by atoms with Crippen LogP contribution >= 0.6 is 23.4 Å². The van der Waals surface area contributed by atoms with E-state index in [4.69, 9.17) is 11.6 Å². The van der Waals surface area contributed by atoms with E-state index in [-0.39, 0.29) is 21.6 Å². The minimum absolute atomic E-state index is 0.0134. The lowest BCUT2D eigenvalue weighted by molar-refractivity contribution is -0.137. The number of aryl methyl sites for hydroxylation is 2. The highest BCUT2D eigenvalue weighted by Gasteiger charge is 2.31. The van der Waals surface area contributed by atoms with Gasteiger partial charge in [-0.2, -0.15) is 13.2 Å². The molecular weight excluding hydrogens is 423 g/mol. The van der Waals surface area contributed by atoms with Crippen molar-refractivity contribution in [1.29, 1.82) is 0 Å². The second-order valence-electron chi connectivity index (χ2n) is 6.49. The molecule has 0 aliphatic rings. The summed E-state index contributed by atoms with van der Waals surface area (Å²) in [6.07, 6.45) is -2.06. The number of halogens is 4. The van der Waals surface area contributed by atoms with Crippen LogP contribution in [0.3, 0.4) is 0 Å². The first-order valence-corrected chi connectivity index (χ1v) is 10.1. The van der Waals surface area contributed by atoms with Crippen molar-refractivity contribution in [3.8, 4) is 0 Å². The average molecular weight is 444 g/mol. The van der Waals surface area contributed by atoms with Crippen LogP contribution in [0, 0.1) is 13.8 Å². The van der Waals surface area contributed by atoms with Gasteiger partial charge in [0.25, 0.3) is 0 Å². The van der Waals surface area contributed by atoms with E-state index in [1.54, 1.807) is 12.4 Å². The topological polar surface area (TPSA) is 45.6 Å². The smallest absolute Gasteiger partial charge is 0.366 e. The van der Waals surface area contributed by atoms with Crippen LogP contribution in [0.25, 0.3) is 0 Å². The van der Waals surface area contributed by atoms with E-state index in [1.807, 2.05) is 38.8 Å². The van der Waals surface area contributed by atoms with Crippen molar-refractivity contribution in [3.63, 3.8) is 0 Å². The monoisotopic (exact) mass is 443 g/mol. The molecule has 29 heavy (non-hydrogen) atoms. The summed E-state index contributed by atoms with van der Waals surface area (Å²) in [5, 5.41) is 0.0569. The Kier molecular flexibility index (Phi) is 7.71. The third-order valence-corrected chi connectivity index (χ3v) is 5.62. The highest BCUT2D eigenvalue weighted by Crippen LogP contribution is 2.34. The summed E-state index contributed by atoms with van der Waals surface area (Å²) >= 11 is 6.91. The van der Waals surface area contributed by atoms with E-state index >= 15 is 0 Å².